The number of hydrogen-bond donors (Lipinski definition) is 1. The van der Waals surface area contributed by atoms with Crippen molar-refractivity contribution >= 4 is 17.7 Å². The van der Waals surface area contributed by atoms with Gasteiger partial charge in [-0.1, -0.05) is 27.2 Å². The third kappa shape index (κ3) is 3.33. The van der Waals surface area contributed by atoms with Crippen LogP contribution in [0.3, 0.4) is 0 Å². The molecule has 0 aromatic rings. The van der Waals surface area contributed by atoms with Crippen LogP contribution in [0.2, 0.25) is 0 Å². The Morgan fingerprint density at radius 2 is 2.05 bits per heavy atom. The van der Waals surface area contributed by atoms with E-state index in [-0.39, 0.29) is 42.5 Å². The summed E-state index contributed by atoms with van der Waals surface area (Å²) in [6, 6.07) is 0. The first-order valence-corrected chi connectivity index (χ1v) is 6.98. The van der Waals surface area contributed by atoms with Gasteiger partial charge in [-0.3, -0.25) is 19.3 Å². The highest BCUT2D eigenvalue weighted by Gasteiger charge is 2.47. The molecule has 1 saturated heterocycles. The highest BCUT2D eigenvalue weighted by molar-refractivity contribution is 6.04. The zero-order valence-corrected chi connectivity index (χ0v) is 12.1. The van der Waals surface area contributed by atoms with Crippen LogP contribution in [0.5, 0.6) is 0 Å². The molecule has 0 aromatic heterocycles. The maximum absolute atomic E-state index is 12.4. The minimum absolute atomic E-state index is 0.0425. The highest BCUT2D eigenvalue weighted by atomic mass is 16.2. The van der Waals surface area contributed by atoms with Crippen LogP contribution in [0.25, 0.3) is 0 Å². The molecule has 1 rings (SSSR count). The molecule has 1 heterocycles. The summed E-state index contributed by atoms with van der Waals surface area (Å²) >= 11 is 0. The van der Waals surface area contributed by atoms with Crippen molar-refractivity contribution in [1.82, 2.24) is 4.90 Å². The van der Waals surface area contributed by atoms with E-state index in [1.165, 1.54) is 4.90 Å². The van der Waals surface area contributed by atoms with Gasteiger partial charge >= 0.3 is 0 Å². The summed E-state index contributed by atoms with van der Waals surface area (Å²) in [7, 11) is 0. The number of likely N-dealkylation sites (tertiary alicyclic amines) is 1. The molecule has 19 heavy (non-hydrogen) atoms. The first-order chi connectivity index (χ1) is 8.85. The average molecular weight is 268 g/mol. The summed E-state index contributed by atoms with van der Waals surface area (Å²) in [5.41, 5.74) is 4.93. The van der Waals surface area contributed by atoms with Crippen LogP contribution in [0.1, 0.15) is 52.9 Å². The molecule has 3 amide bonds. The minimum atomic E-state index is -0.490. The summed E-state index contributed by atoms with van der Waals surface area (Å²) in [6.45, 7) is 6.33. The molecule has 0 radical (unpaired) electrons. The van der Waals surface area contributed by atoms with E-state index in [1.807, 2.05) is 0 Å². The van der Waals surface area contributed by atoms with Crippen molar-refractivity contribution in [2.75, 3.05) is 6.54 Å². The molecule has 108 valence electrons. The maximum Gasteiger partial charge on any atom is 0.233 e. The minimum Gasteiger partial charge on any atom is -0.370 e. The molecule has 2 N–H and O–H groups in total. The van der Waals surface area contributed by atoms with Crippen LogP contribution in [0, 0.1) is 11.3 Å². The van der Waals surface area contributed by atoms with Crippen molar-refractivity contribution in [2.45, 2.75) is 52.9 Å². The Balaban J connectivity index is 2.81. The molecular formula is C14H24N2O3. The van der Waals surface area contributed by atoms with Crippen molar-refractivity contribution < 1.29 is 14.4 Å². The number of nitrogens with two attached hydrogens (primary N) is 1. The Morgan fingerprint density at radius 1 is 1.42 bits per heavy atom. The van der Waals surface area contributed by atoms with Crippen molar-refractivity contribution in [1.29, 1.82) is 0 Å². The van der Waals surface area contributed by atoms with Gasteiger partial charge < -0.3 is 5.73 Å². The van der Waals surface area contributed by atoms with Crippen molar-refractivity contribution in [3.63, 3.8) is 0 Å². The van der Waals surface area contributed by atoms with E-state index in [0.29, 0.717) is 0 Å². The van der Waals surface area contributed by atoms with Gasteiger partial charge in [-0.25, -0.2) is 0 Å². The van der Waals surface area contributed by atoms with Gasteiger partial charge in [-0.15, -0.1) is 0 Å². The lowest BCUT2D eigenvalue weighted by Crippen LogP contribution is -2.37. The summed E-state index contributed by atoms with van der Waals surface area (Å²) in [5.74, 6) is -1.05. The molecule has 2 unspecified atom stereocenters. The smallest absolute Gasteiger partial charge is 0.233 e. The van der Waals surface area contributed by atoms with E-state index in [9.17, 15) is 14.4 Å². The fourth-order valence-corrected chi connectivity index (χ4v) is 2.85. The molecule has 0 bridgehead atoms. The molecule has 5 nitrogen and oxygen atoms in total. The van der Waals surface area contributed by atoms with Gasteiger partial charge in [-0.05, 0) is 18.3 Å². The maximum atomic E-state index is 12.4. The number of rotatable bonds is 7. The van der Waals surface area contributed by atoms with Crippen LogP contribution < -0.4 is 5.73 Å². The third-order valence-electron chi connectivity index (χ3n) is 4.30. The van der Waals surface area contributed by atoms with Gasteiger partial charge in [0.1, 0.15) is 0 Å². The topological polar surface area (TPSA) is 80.5 Å². The molecule has 5 heteroatoms. The Bertz CT molecular complexity index is 381. The van der Waals surface area contributed by atoms with E-state index in [0.717, 1.165) is 19.3 Å². The zero-order valence-electron chi connectivity index (χ0n) is 12.1. The third-order valence-corrected chi connectivity index (χ3v) is 4.30. The molecule has 0 aliphatic carbocycles. The summed E-state index contributed by atoms with van der Waals surface area (Å²) in [4.78, 5) is 36.3. The number of carbonyl (C=O) groups excluding carboxylic acids is 3. The van der Waals surface area contributed by atoms with Gasteiger partial charge in [0.05, 0.1) is 5.92 Å². The molecule has 0 aromatic carbocycles. The van der Waals surface area contributed by atoms with E-state index < -0.39 is 5.91 Å². The Kier molecular flexibility index (Phi) is 5.09. The summed E-state index contributed by atoms with van der Waals surface area (Å²) in [5, 5.41) is 0. The predicted octanol–water partition coefficient (Wildman–Crippen LogP) is 1.45. The van der Waals surface area contributed by atoms with Crippen LogP contribution in [0.15, 0.2) is 0 Å². The highest BCUT2D eigenvalue weighted by Crippen LogP contribution is 2.42. The van der Waals surface area contributed by atoms with Gasteiger partial charge in [0.15, 0.2) is 0 Å². The van der Waals surface area contributed by atoms with Gasteiger partial charge in [-0.2, -0.15) is 0 Å². The summed E-state index contributed by atoms with van der Waals surface area (Å²) in [6.07, 6.45) is 3.09. The number of imide groups is 1. The lowest BCUT2D eigenvalue weighted by atomic mass is 9.71. The SMILES string of the molecule is CCCC(C)(CC)C1CC(=O)N(CCC(N)=O)C1=O. The lowest BCUT2D eigenvalue weighted by molar-refractivity contribution is -0.140. The van der Waals surface area contributed by atoms with Crippen LogP contribution in [0.4, 0.5) is 0 Å². The molecule has 0 spiro atoms. The Morgan fingerprint density at radius 3 is 2.53 bits per heavy atom. The molecule has 2 atom stereocenters. The molecule has 1 aliphatic heterocycles. The number of carbonyl (C=O) groups is 3. The van der Waals surface area contributed by atoms with Crippen LogP contribution in [-0.2, 0) is 14.4 Å². The summed E-state index contributed by atoms with van der Waals surface area (Å²) < 4.78 is 0. The largest absolute Gasteiger partial charge is 0.370 e. The number of nitrogens with zero attached hydrogens (tertiary/aromatic N) is 1. The number of hydrogen-bond acceptors (Lipinski definition) is 3. The fraction of sp³-hybridized carbons (Fsp3) is 0.786. The van der Waals surface area contributed by atoms with Crippen molar-refractivity contribution in [3.8, 4) is 0 Å². The van der Waals surface area contributed by atoms with Crippen molar-refractivity contribution in [2.24, 2.45) is 17.1 Å². The molecular weight excluding hydrogens is 244 g/mol. The second-order valence-electron chi connectivity index (χ2n) is 5.61. The van der Waals surface area contributed by atoms with Gasteiger partial charge in [0.2, 0.25) is 17.7 Å². The van der Waals surface area contributed by atoms with E-state index in [2.05, 4.69) is 20.8 Å². The van der Waals surface area contributed by atoms with Gasteiger partial charge in [0, 0.05) is 19.4 Å². The van der Waals surface area contributed by atoms with Gasteiger partial charge in [0.25, 0.3) is 0 Å². The second kappa shape index (κ2) is 6.17. The van der Waals surface area contributed by atoms with Crippen LogP contribution in [-0.4, -0.2) is 29.2 Å². The van der Waals surface area contributed by atoms with E-state index in [1.54, 1.807) is 0 Å². The van der Waals surface area contributed by atoms with Crippen molar-refractivity contribution in [3.05, 3.63) is 0 Å². The normalized spacial score (nSPS) is 22.7. The molecule has 1 fully saturated rings. The number of amides is 3. The first kappa shape index (κ1) is 15.7. The Hall–Kier alpha value is -1.39. The zero-order chi connectivity index (χ0) is 14.6. The lowest BCUT2D eigenvalue weighted by Gasteiger charge is -2.32. The monoisotopic (exact) mass is 268 g/mol. The predicted molar refractivity (Wildman–Crippen MR) is 71.9 cm³/mol. The van der Waals surface area contributed by atoms with E-state index in [4.69, 9.17) is 5.73 Å². The number of primary amides is 1. The van der Waals surface area contributed by atoms with E-state index >= 15 is 0 Å². The first-order valence-electron chi connectivity index (χ1n) is 6.98. The average Bonchev–Trinajstić information content (AvgIpc) is 2.63. The molecule has 1 aliphatic rings. The fourth-order valence-electron chi connectivity index (χ4n) is 2.85. The quantitative estimate of drug-likeness (QED) is 0.710. The molecule has 0 saturated carbocycles. The standard InChI is InChI=1S/C14H24N2O3/c1-4-7-14(3,5-2)10-9-12(18)16(13(10)19)8-6-11(15)17/h10H,4-9H2,1-3H3,(H2,15,17). The van der Waals surface area contributed by atoms with Crippen LogP contribution >= 0.6 is 0 Å². The second-order valence-corrected chi connectivity index (χ2v) is 5.61. The Labute approximate surface area is 114 Å².